The molecule has 1 N–H and O–H groups in total. The molecule has 0 bridgehead atoms. The molecule has 1 heterocycles. The van der Waals surface area contributed by atoms with Crippen molar-refractivity contribution in [3.63, 3.8) is 0 Å². The molecule has 0 spiro atoms. The van der Waals surface area contributed by atoms with Crippen LogP contribution in [0, 0.1) is 19.7 Å². The molecule has 0 amide bonds. The summed E-state index contributed by atoms with van der Waals surface area (Å²) in [5.74, 6) is 0.0579. The Morgan fingerprint density at radius 2 is 1.95 bits per heavy atom. The average molecular weight is 300 g/mol. The van der Waals surface area contributed by atoms with E-state index in [0.29, 0.717) is 22.9 Å². The van der Waals surface area contributed by atoms with Crippen molar-refractivity contribution in [2.45, 2.75) is 27.7 Å². The number of nitrogens with zero attached hydrogens (tertiary/aromatic N) is 3. The molecule has 0 aliphatic carbocycles. The molecule has 0 aliphatic heterocycles. The molecule has 6 heteroatoms. The molecule has 5 nitrogen and oxygen atoms in total. The van der Waals surface area contributed by atoms with Gasteiger partial charge in [-0.1, -0.05) is 0 Å². The molecule has 0 unspecified atom stereocenters. The molecule has 0 radical (unpaired) electrons. The lowest BCUT2D eigenvalue weighted by Gasteiger charge is -2.12. The van der Waals surface area contributed by atoms with Crippen molar-refractivity contribution >= 4 is 28.7 Å². The van der Waals surface area contributed by atoms with Gasteiger partial charge in [0.25, 0.3) is 0 Å². The van der Waals surface area contributed by atoms with Crippen molar-refractivity contribution in [1.82, 2.24) is 9.97 Å². The molecule has 2 rings (SSSR count). The van der Waals surface area contributed by atoms with Gasteiger partial charge in [-0.05, 0) is 44.5 Å². The summed E-state index contributed by atoms with van der Waals surface area (Å²) in [5.41, 5.74) is 2.99. The number of carbonyl (C=O) groups is 1. The minimum Gasteiger partial charge on any atom is -0.338 e. The number of hydrogen-bond donors (Lipinski definition) is 1. The normalized spacial score (nSPS) is 11.4. The van der Waals surface area contributed by atoms with Crippen molar-refractivity contribution in [2.24, 2.45) is 4.99 Å². The van der Waals surface area contributed by atoms with Crippen LogP contribution in [0.1, 0.15) is 25.1 Å². The van der Waals surface area contributed by atoms with Gasteiger partial charge >= 0.3 is 0 Å². The van der Waals surface area contributed by atoms with E-state index in [1.165, 1.54) is 25.4 Å². The first-order valence-electron chi connectivity index (χ1n) is 6.79. The smallest absolute Gasteiger partial charge is 0.173 e. The molecule has 1 aromatic heterocycles. The highest BCUT2D eigenvalue weighted by molar-refractivity contribution is 6.38. The Labute approximate surface area is 128 Å². The Kier molecular flexibility index (Phi) is 4.60. The highest BCUT2D eigenvalue weighted by atomic mass is 19.1. The quantitative estimate of drug-likeness (QED) is 0.875. The predicted octanol–water partition coefficient (Wildman–Crippen LogP) is 3.66. The number of benzene rings is 1. The molecule has 114 valence electrons. The molecule has 0 atom stereocenters. The van der Waals surface area contributed by atoms with Gasteiger partial charge in [-0.3, -0.25) is 4.79 Å². The minimum absolute atomic E-state index is 0.118. The van der Waals surface area contributed by atoms with Crippen molar-refractivity contribution in [3.8, 4) is 0 Å². The van der Waals surface area contributed by atoms with E-state index in [9.17, 15) is 9.18 Å². The zero-order chi connectivity index (χ0) is 16.3. The van der Waals surface area contributed by atoms with E-state index in [0.717, 1.165) is 11.3 Å². The first-order chi connectivity index (χ1) is 10.4. The van der Waals surface area contributed by atoms with E-state index in [1.807, 2.05) is 0 Å². The summed E-state index contributed by atoms with van der Waals surface area (Å²) < 4.78 is 13.2. The second kappa shape index (κ2) is 6.43. The number of halogens is 1. The molecule has 1 aromatic carbocycles. The Morgan fingerprint density at radius 3 is 2.59 bits per heavy atom. The fourth-order valence-corrected chi connectivity index (χ4v) is 1.83. The monoisotopic (exact) mass is 300 g/mol. The van der Waals surface area contributed by atoms with E-state index < -0.39 is 0 Å². The van der Waals surface area contributed by atoms with Crippen molar-refractivity contribution in [2.75, 3.05) is 5.32 Å². The lowest BCUT2D eigenvalue weighted by Crippen LogP contribution is -2.05. The SMILES string of the molecule is CC(=O)/C(C)=N/c1c(C)ncnc1Nc1ccc(F)cc1C. The van der Waals surface area contributed by atoms with Crippen LogP contribution in [0.3, 0.4) is 0 Å². The number of ketones is 1. The Bertz CT molecular complexity index is 756. The van der Waals surface area contributed by atoms with Gasteiger partial charge in [-0.25, -0.2) is 19.4 Å². The summed E-state index contributed by atoms with van der Waals surface area (Å²) in [5, 5.41) is 3.12. The van der Waals surface area contributed by atoms with Crippen LogP contribution in [0.25, 0.3) is 0 Å². The number of hydrogen-bond acceptors (Lipinski definition) is 5. The summed E-state index contributed by atoms with van der Waals surface area (Å²) in [7, 11) is 0. The van der Waals surface area contributed by atoms with Crippen LogP contribution in [-0.4, -0.2) is 21.5 Å². The minimum atomic E-state index is -0.299. The van der Waals surface area contributed by atoms with Crippen LogP contribution in [0.4, 0.5) is 21.6 Å². The second-order valence-corrected chi connectivity index (χ2v) is 4.99. The van der Waals surface area contributed by atoms with Gasteiger partial charge in [0.2, 0.25) is 0 Å². The summed E-state index contributed by atoms with van der Waals surface area (Å²) in [6.45, 7) is 6.68. The number of nitrogens with one attached hydrogen (secondary N) is 1. The van der Waals surface area contributed by atoms with Crippen molar-refractivity contribution in [1.29, 1.82) is 0 Å². The predicted molar refractivity (Wildman–Crippen MR) is 84.6 cm³/mol. The molecule has 2 aromatic rings. The molecule has 0 saturated heterocycles. The summed E-state index contributed by atoms with van der Waals surface area (Å²) in [4.78, 5) is 24.0. The highest BCUT2D eigenvalue weighted by Crippen LogP contribution is 2.29. The van der Waals surface area contributed by atoms with Crippen LogP contribution >= 0.6 is 0 Å². The fraction of sp³-hybridized carbons (Fsp3) is 0.250. The lowest BCUT2D eigenvalue weighted by atomic mass is 10.2. The van der Waals surface area contributed by atoms with E-state index in [-0.39, 0.29) is 11.6 Å². The zero-order valence-electron chi connectivity index (χ0n) is 12.9. The molecule has 0 fully saturated rings. The van der Waals surface area contributed by atoms with Crippen LogP contribution in [-0.2, 0) is 4.79 Å². The van der Waals surface area contributed by atoms with E-state index in [4.69, 9.17) is 0 Å². The molecule has 0 aliphatic rings. The largest absolute Gasteiger partial charge is 0.338 e. The van der Waals surface area contributed by atoms with Gasteiger partial charge in [-0.15, -0.1) is 0 Å². The van der Waals surface area contributed by atoms with Crippen molar-refractivity contribution in [3.05, 3.63) is 41.6 Å². The van der Waals surface area contributed by atoms with Crippen LogP contribution < -0.4 is 5.32 Å². The Hall–Kier alpha value is -2.63. The lowest BCUT2D eigenvalue weighted by molar-refractivity contribution is -0.111. The van der Waals surface area contributed by atoms with Crippen LogP contribution in [0.2, 0.25) is 0 Å². The number of rotatable bonds is 4. The number of aryl methyl sites for hydroxylation is 2. The van der Waals surface area contributed by atoms with Gasteiger partial charge in [0.1, 0.15) is 17.8 Å². The maximum atomic E-state index is 13.2. The molecular formula is C16H17FN4O. The summed E-state index contributed by atoms with van der Waals surface area (Å²) >= 11 is 0. The van der Waals surface area contributed by atoms with Gasteiger partial charge < -0.3 is 5.32 Å². The van der Waals surface area contributed by atoms with Crippen molar-refractivity contribution < 1.29 is 9.18 Å². The zero-order valence-corrected chi connectivity index (χ0v) is 12.9. The number of carbonyl (C=O) groups excluding carboxylic acids is 1. The summed E-state index contributed by atoms with van der Waals surface area (Å²) in [6, 6.07) is 4.43. The summed E-state index contributed by atoms with van der Waals surface area (Å²) in [6.07, 6.45) is 1.42. The third kappa shape index (κ3) is 3.52. The van der Waals surface area contributed by atoms with Gasteiger partial charge in [0.05, 0.1) is 11.4 Å². The topological polar surface area (TPSA) is 67.2 Å². The molecular weight excluding hydrogens is 283 g/mol. The maximum Gasteiger partial charge on any atom is 0.173 e. The fourth-order valence-electron chi connectivity index (χ4n) is 1.83. The number of aromatic nitrogens is 2. The van der Waals surface area contributed by atoms with E-state index in [2.05, 4.69) is 20.3 Å². The average Bonchev–Trinajstić information content (AvgIpc) is 2.45. The standard InChI is InChI=1S/C16H17FN4O/c1-9-7-13(17)5-6-14(9)21-16-15(11(3)18-8-19-16)20-10(2)12(4)22/h5-8H,1-4H3,(H,18,19,21)/b20-10+. The van der Waals surface area contributed by atoms with Gasteiger partial charge in [0.15, 0.2) is 11.6 Å². The molecule has 22 heavy (non-hydrogen) atoms. The highest BCUT2D eigenvalue weighted by Gasteiger charge is 2.11. The number of anilines is 2. The first kappa shape index (κ1) is 15.8. The van der Waals surface area contributed by atoms with E-state index >= 15 is 0 Å². The Morgan fingerprint density at radius 1 is 1.23 bits per heavy atom. The number of aliphatic imine (C=N–C) groups is 1. The van der Waals surface area contributed by atoms with E-state index in [1.54, 1.807) is 26.8 Å². The number of Topliss-reactive ketones (excluding diaryl/α,β-unsaturated/α-hetero) is 1. The third-order valence-electron chi connectivity index (χ3n) is 3.24. The molecule has 0 saturated carbocycles. The maximum absolute atomic E-state index is 13.2. The van der Waals surface area contributed by atoms with Crippen LogP contribution in [0.5, 0.6) is 0 Å². The Balaban J connectivity index is 2.45. The van der Waals surface area contributed by atoms with Gasteiger partial charge in [-0.2, -0.15) is 0 Å². The third-order valence-corrected chi connectivity index (χ3v) is 3.24. The second-order valence-electron chi connectivity index (χ2n) is 4.99. The van der Waals surface area contributed by atoms with Gasteiger partial charge in [0, 0.05) is 12.6 Å². The van der Waals surface area contributed by atoms with Crippen LogP contribution in [0.15, 0.2) is 29.5 Å². The first-order valence-corrected chi connectivity index (χ1v) is 6.79.